The minimum atomic E-state index is -0.403. The molecule has 1 fully saturated rings. The van der Waals surface area contributed by atoms with Crippen molar-refractivity contribution in [2.75, 3.05) is 25.0 Å². The van der Waals surface area contributed by atoms with Gasteiger partial charge in [-0.1, -0.05) is 0 Å². The van der Waals surface area contributed by atoms with E-state index in [1.807, 2.05) is 25.2 Å². The van der Waals surface area contributed by atoms with Gasteiger partial charge in [0.2, 0.25) is 0 Å². The van der Waals surface area contributed by atoms with E-state index in [9.17, 15) is 4.79 Å². The maximum Gasteiger partial charge on any atom is 0.417 e. The Hall–Kier alpha value is -1.75. The summed E-state index contributed by atoms with van der Waals surface area (Å²) >= 11 is 0. The Balaban J connectivity index is 1.69. The molecule has 0 saturated heterocycles. The van der Waals surface area contributed by atoms with Crippen LogP contribution < -0.4 is 16.0 Å². The van der Waals surface area contributed by atoms with E-state index >= 15 is 0 Å². The third kappa shape index (κ3) is 2.41. The quantitative estimate of drug-likeness (QED) is 0.836. The zero-order valence-corrected chi connectivity index (χ0v) is 10.4. The van der Waals surface area contributed by atoms with Crippen LogP contribution >= 0.6 is 0 Å². The molecule has 0 bridgehead atoms. The summed E-state index contributed by atoms with van der Waals surface area (Å²) in [5.74, 6) is -0.403. The maximum absolute atomic E-state index is 11.1. The lowest BCUT2D eigenvalue weighted by Crippen LogP contribution is -2.30. The number of oxazole rings is 1. The Morgan fingerprint density at radius 1 is 1.50 bits per heavy atom. The molecule has 1 saturated carbocycles. The lowest BCUT2D eigenvalue weighted by molar-refractivity contribution is 0.555. The van der Waals surface area contributed by atoms with Crippen molar-refractivity contribution >= 4 is 16.8 Å². The van der Waals surface area contributed by atoms with Crippen LogP contribution in [0.3, 0.4) is 0 Å². The van der Waals surface area contributed by atoms with Gasteiger partial charge < -0.3 is 14.6 Å². The van der Waals surface area contributed by atoms with E-state index in [0.29, 0.717) is 5.58 Å². The number of fused-ring (bicyclic) bond motifs is 1. The second kappa shape index (κ2) is 4.49. The van der Waals surface area contributed by atoms with E-state index in [2.05, 4.69) is 15.2 Å². The fourth-order valence-electron chi connectivity index (χ4n) is 2.03. The van der Waals surface area contributed by atoms with Gasteiger partial charge in [-0.2, -0.15) is 0 Å². The van der Waals surface area contributed by atoms with Crippen molar-refractivity contribution in [3.05, 3.63) is 28.7 Å². The number of aromatic nitrogens is 1. The lowest BCUT2D eigenvalue weighted by Gasteiger charge is -2.19. The average Bonchev–Trinajstić information content (AvgIpc) is 3.08. The first-order valence-electron chi connectivity index (χ1n) is 6.30. The van der Waals surface area contributed by atoms with Crippen molar-refractivity contribution in [2.24, 2.45) is 0 Å². The van der Waals surface area contributed by atoms with E-state index in [-0.39, 0.29) is 0 Å². The zero-order valence-electron chi connectivity index (χ0n) is 10.4. The highest BCUT2D eigenvalue weighted by Gasteiger charge is 2.19. The minimum Gasteiger partial charge on any atom is -0.408 e. The van der Waals surface area contributed by atoms with E-state index in [4.69, 9.17) is 4.42 Å². The summed E-state index contributed by atoms with van der Waals surface area (Å²) in [7, 11) is 2.05. The van der Waals surface area contributed by atoms with Crippen molar-refractivity contribution in [3.63, 3.8) is 0 Å². The molecule has 3 rings (SSSR count). The number of nitrogens with zero attached hydrogens (tertiary/aromatic N) is 1. The molecule has 0 radical (unpaired) electrons. The summed E-state index contributed by atoms with van der Waals surface area (Å²) in [6, 6.07) is 6.48. The van der Waals surface area contributed by atoms with Gasteiger partial charge in [-0.25, -0.2) is 4.79 Å². The van der Waals surface area contributed by atoms with Crippen LogP contribution in [0, 0.1) is 0 Å². The van der Waals surface area contributed by atoms with Crippen LogP contribution in [0.4, 0.5) is 5.69 Å². The summed E-state index contributed by atoms with van der Waals surface area (Å²) in [5.41, 5.74) is 2.44. The number of likely N-dealkylation sites (N-methyl/N-ethyl adjacent to an activating group) is 1. The zero-order chi connectivity index (χ0) is 12.5. The van der Waals surface area contributed by atoms with Gasteiger partial charge in [0.25, 0.3) is 0 Å². The molecule has 1 aromatic carbocycles. The van der Waals surface area contributed by atoms with Gasteiger partial charge in [0.15, 0.2) is 5.58 Å². The molecule has 1 heterocycles. The summed E-state index contributed by atoms with van der Waals surface area (Å²) < 4.78 is 4.98. The van der Waals surface area contributed by atoms with Crippen LogP contribution in [-0.2, 0) is 0 Å². The number of anilines is 1. The minimum absolute atomic E-state index is 0.403. The molecule has 18 heavy (non-hydrogen) atoms. The number of aromatic amines is 1. The first-order valence-corrected chi connectivity index (χ1v) is 6.30. The van der Waals surface area contributed by atoms with Crippen LogP contribution in [0.5, 0.6) is 0 Å². The Kier molecular flexibility index (Phi) is 2.83. The standard InChI is InChI=1S/C13H17N3O2/c1-16(7-6-14-9-2-3-9)10-4-5-12-11(8-10)15-13(17)18-12/h4-5,8-9,14H,2-3,6-7H2,1H3,(H,15,17). The third-order valence-corrected chi connectivity index (χ3v) is 3.30. The molecular weight excluding hydrogens is 230 g/mol. The second-order valence-electron chi connectivity index (χ2n) is 4.84. The summed E-state index contributed by atoms with van der Waals surface area (Å²) in [6.45, 7) is 1.94. The molecule has 0 spiro atoms. The smallest absolute Gasteiger partial charge is 0.408 e. The number of benzene rings is 1. The topological polar surface area (TPSA) is 61.3 Å². The average molecular weight is 247 g/mol. The van der Waals surface area contributed by atoms with Gasteiger partial charge in [0.1, 0.15) is 0 Å². The summed E-state index contributed by atoms with van der Waals surface area (Å²) in [6.07, 6.45) is 2.62. The molecule has 1 aromatic heterocycles. The van der Waals surface area contributed by atoms with Gasteiger partial charge in [0.05, 0.1) is 5.52 Å². The predicted molar refractivity (Wildman–Crippen MR) is 71.1 cm³/mol. The first-order chi connectivity index (χ1) is 8.72. The Morgan fingerprint density at radius 3 is 3.11 bits per heavy atom. The number of rotatable bonds is 5. The van der Waals surface area contributed by atoms with Crippen LogP contribution in [0.15, 0.2) is 27.4 Å². The fourth-order valence-corrected chi connectivity index (χ4v) is 2.03. The first kappa shape index (κ1) is 11.3. The van der Waals surface area contributed by atoms with Crippen LogP contribution in [-0.4, -0.2) is 31.2 Å². The van der Waals surface area contributed by atoms with Crippen molar-refractivity contribution in [3.8, 4) is 0 Å². The molecule has 1 aliphatic carbocycles. The molecule has 2 N–H and O–H groups in total. The molecule has 2 aromatic rings. The Morgan fingerprint density at radius 2 is 2.33 bits per heavy atom. The van der Waals surface area contributed by atoms with Crippen LogP contribution in [0.2, 0.25) is 0 Å². The molecule has 0 unspecified atom stereocenters. The highest BCUT2D eigenvalue weighted by Crippen LogP contribution is 2.20. The Bertz CT molecular complexity index is 598. The molecular formula is C13H17N3O2. The maximum atomic E-state index is 11.1. The van der Waals surface area contributed by atoms with E-state index in [1.54, 1.807) is 0 Å². The van der Waals surface area contributed by atoms with Gasteiger partial charge in [-0.3, -0.25) is 4.98 Å². The second-order valence-corrected chi connectivity index (χ2v) is 4.84. The third-order valence-electron chi connectivity index (χ3n) is 3.30. The fraction of sp³-hybridized carbons (Fsp3) is 0.462. The van der Waals surface area contributed by atoms with Crippen molar-refractivity contribution in [1.82, 2.24) is 10.3 Å². The monoisotopic (exact) mass is 247 g/mol. The van der Waals surface area contributed by atoms with Gasteiger partial charge in [-0.05, 0) is 31.0 Å². The Labute approximate surface area is 105 Å². The largest absolute Gasteiger partial charge is 0.417 e. The van der Waals surface area contributed by atoms with Crippen LogP contribution in [0.1, 0.15) is 12.8 Å². The van der Waals surface area contributed by atoms with Crippen molar-refractivity contribution in [1.29, 1.82) is 0 Å². The molecule has 96 valence electrons. The summed E-state index contributed by atoms with van der Waals surface area (Å²) in [4.78, 5) is 15.9. The van der Waals surface area contributed by atoms with Crippen molar-refractivity contribution < 1.29 is 4.42 Å². The summed E-state index contributed by atoms with van der Waals surface area (Å²) in [5, 5.41) is 3.48. The van der Waals surface area contributed by atoms with Crippen LogP contribution in [0.25, 0.3) is 11.1 Å². The highest BCUT2D eigenvalue weighted by atomic mass is 16.4. The number of H-pyrrole nitrogens is 1. The molecule has 5 heteroatoms. The number of hydrogen-bond acceptors (Lipinski definition) is 4. The molecule has 0 atom stereocenters. The van der Waals surface area contributed by atoms with E-state index < -0.39 is 5.76 Å². The van der Waals surface area contributed by atoms with Crippen molar-refractivity contribution in [2.45, 2.75) is 18.9 Å². The van der Waals surface area contributed by atoms with Gasteiger partial charge in [0, 0.05) is 31.9 Å². The van der Waals surface area contributed by atoms with E-state index in [0.717, 1.165) is 30.3 Å². The highest BCUT2D eigenvalue weighted by molar-refractivity contribution is 5.77. The SMILES string of the molecule is CN(CCNC1CC1)c1ccc2oc(=O)[nH]c2c1. The lowest BCUT2D eigenvalue weighted by atomic mass is 10.2. The predicted octanol–water partition coefficient (Wildman–Crippen LogP) is 1.31. The van der Waals surface area contributed by atoms with Gasteiger partial charge >= 0.3 is 5.76 Å². The normalized spacial score (nSPS) is 15.2. The molecule has 0 amide bonds. The molecule has 1 aliphatic rings. The van der Waals surface area contributed by atoms with Gasteiger partial charge in [-0.15, -0.1) is 0 Å². The number of hydrogen-bond donors (Lipinski definition) is 2. The molecule has 5 nitrogen and oxygen atoms in total. The number of nitrogens with one attached hydrogen (secondary N) is 2. The molecule has 0 aliphatic heterocycles. The van der Waals surface area contributed by atoms with E-state index in [1.165, 1.54) is 12.8 Å².